The molecule has 0 rings (SSSR count). The molecule has 0 aliphatic carbocycles. The van der Waals surface area contributed by atoms with E-state index in [0.29, 0.717) is 0 Å². The van der Waals surface area contributed by atoms with Crippen LogP contribution in [0.4, 0.5) is 0 Å². The van der Waals surface area contributed by atoms with Crippen molar-refractivity contribution in [2.24, 2.45) is 0 Å². The van der Waals surface area contributed by atoms with Gasteiger partial charge in [-0.1, -0.05) is 18.7 Å². The van der Waals surface area contributed by atoms with Gasteiger partial charge in [-0.3, -0.25) is 4.67 Å². The molecule has 1 nitrogen and oxygen atoms in total. The topological polar surface area (TPSA) is 3.24 Å². The first kappa shape index (κ1) is 7.48. The summed E-state index contributed by atoms with van der Waals surface area (Å²) in [6.07, 6.45) is 1.12. The summed E-state index contributed by atoms with van der Waals surface area (Å²) in [5.41, 5.74) is 0. The predicted molar refractivity (Wildman–Crippen MR) is 38.5 cm³/mol. The third-order valence-electron chi connectivity index (χ3n) is 0.717. The first-order valence-electron chi connectivity index (χ1n) is 2.30. The maximum absolute atomic E-state index is 5.05. The standard InChI is InChI=1S/C4H11NPS/c1-4-6(7)5(2)3/h4H2,1-3H3. The highest BCUT2D eigenvalue weighted by molar-refractivity contribution is 8.04. The molecule has 43 valence electrons. The van der Waals surface area contributed by atoms with Crippen molar-refractivity contribution in [2.75, 3.05) is 20.3 Å². The van der Waals surface area contributed by atoms with Crippen molar-refractivity contribution in [1.29, 1.82) is 0 Å². The number of hydrogen-bond donors (Lipinski definition) is 0. The van der Waals surface area contributed by atoms with Gasteiger partial charge in [0.1, 0.15) is 0 Å². The summed E-state index contributed by atoms with van der Waals surface area (Å²) < 4.78 is 2.10. The van der Waals surface area contributed by atoms with E-state index in [0.717, 1.165) is 6.16 Å². The van der Waals surface area contributed by atoms with Gasteiger partial charge in [-0.25, -0.2) is 0 Å². The van der Waals surface area contributed by atoms with Gasteiger partial charge in [0.25, 0.3) is 0 Å². The van der Waals surface area contributed by atoms with E-state index >= 15 is 0 Å². The number of nitrogens with zero attached hydrogens (tertiary/aromatic N) is 1. The molecule has 1 atom stereocenters. The smallest absolute Gasteiger partial charge is 0.00266 e. The average molecular weight is 136 g/mol. The third kappa shape index (κ3) is 3.10. The van der Waals surface area contributed by atoms with Crippen LogP contribution in [0.3, 0.4) is 0 Å². The lowest BCUT2D eigenvalue weighted by atomic mass is 11.0. The zero-order chi connectivity index (χ0) is 5.86. The quantitative estimate of drug-likeness (QED) is 0.528. The second-order valence-corrected chi connectivity index (χ2v) is 4.92. The van der Waals surface area contributed by atoms with E-state index in [1.165, 1.54) is 0 Å². The molecule has 0 aromatic rings. The van der Waals surface area contributed by atoms with Crippen molar-refractivity contribution < 1.29 is 0 Å². The molecule has 0 N–H and O–H groups in total. The fraction of sp³-hybridized carbons (Fsp3) is 1.00. The molecule has 0 fully saturated rings. The third-order valence-corrected chi connectivity index (χ3v) is 3.90. The number of rotatable bonds is 2. The van der Waals surface area contributed by atoms with Crippen molar-refractivity contribution in [2.45, 2.75) is 6.92 Å². The molecule has 0 aliphatic rings. The van der Waals surface area contributed by atoms with Crippen molar-refractivity contribution in [1.82, 2.24) is 4.67 Å². The van der Waals surface area contributed by atoms with Crippen LogP contribution in [0.25, 0.3) is 0 Å². The Morgan fingerprint density at radius 3 is 2.00 bits per heavy atom. The molecule has 0 saturated heterocycles. The Morgan fingerprint density at radius 1 is 1.57 bits per heavy atom. The minimum atomic E-state index is -0.221. The van der Waals surface area contributed by atoms with Crippen molar-refractivity contribution in [3.05, 3.63) is 0 Å². The van der Waals surface area contributed by atoms with Gasteiger partial charge in [0, 0.05) is 6.16 Å². The van der Waals surface area contributed by atoms with Crippen LogP contribution >= 0.6 is 6.85 Å². The van der Waals surface area contributed by atoms with E-state index in [4.69, 9.17) is 11.8 Å². The van der Waals surface area contributed by atoms with Crippen LogP contribution in [0.15, 0.2) is 0 Å². The van der Waals surface area contributed by atoms with Gasteiger partial charge >= 0.3 is 0 Å². The highest BCUT2D eigenvalue weighted by atomic mass is 32.4. The summed E-state index contributed by atoms with van der Waals surface area (Å²) in [4.78, 5) is 0. The van der Waals surface area contributed by atoms with Crippen molar-refractivity contribution in [3.8, 4) is 0 Å². The van der Waals surface area contributed by atoms with Crippen LogP contribution in [0.1, 0.15) is 6.92 Å². The monoisotopic (exact) mass is 136 g/mol. The minimum Gasteiger partial charge on any atom is -0.262 e. The van der Waals surface area contributed by atoms with E-state index in [1.807, 2.05) is 14.1 Å². The molecule has 3 heteroatoms. The first-order chi connectivity index (χ1) is 3.18. The summed E-state index contributed by atoms with van der Waals surface area (Å²) in [6.45, 7) is 1.90. The molecule has 1 radical (unpaired) electrons. The van der Waals surface area contributed by atoms with Crippen LogP contribution in [0.2, 0.25) is 0 Å². The molecule has 0 aromatic carbocycles. The van der Waals surface area contributed by atoms with E-state index in [1.54, 1.807) is 0 Å². The summed E-state index contributed by atoms with van der Waals surface area (Å²) >= 11 is 5.05. The van der Waals surface area contributed by atoms with Gasteiger partial charge in [-0.15, -0.1) is 0 Å². The molecule has 7 heavy (non-hydrogen) atoms. The van der Waals surface area contributed by atoms with Gasteiger partial charge in [-0.05, 0) is 20.9 Å². The Labute approximate surface area is 51.2 Å². The van der Waals surface area contributed by atoms with Crippen molar-refractivity contribution >= 4 is 18.7 Å². The van der Waals surface area contributed by atoms with Crippen LogP contribution in [-0.4, -0.2) is 24.9 Å². The van der Waals surface area contributed by atoms with Crippen LogP contribution < -0.4 is 0 Å². The van der Waals surface area contributed by atoms with Gasteiger partial charge < -0.3 is 0 Å². The molecule has 1 unspecified atom stereocenters. The first-order valence-corrected chi connectivity index (χ1v) is 4.79. The van der Waals surface area contributed by atoms with Crippen LogP contribution in [0.5, 0.6) is 0 Å². The second-order valence-electron chi connectivity index (χ2n) is 1.52. The Bertz CT molecular complexity index is 72.1. The van der Waals surface area contributed by atoms with E-state index in [2.05, 4.69) is 11.6 Å². The summed E-state index contributed by atoms with van der Waals surface area (Å²) in [5, 5.41) is 0. The Morgan fingerprint density at radius 2 is 2.00 bits per heavy atom. The molecule has 0 aromatic heterocycles. The Balaban J connectivity index is 3.35. The molecule has 0 aliphatic heterocycles. The normalized spacial score (nSPS) is 12.3. The van der Waals surface area contributed by atoms with Crippen LogP contribution in [-0.2, 0) is 11.8 Å². The fourth-order valence-corrected chi connectivity index (χ4v) is 0.849. The van der Waals surface area contributed by atoms with E-state index < -0.39 is 0 Å². The lowest BCUT2D eigenvalue weighted by molar-refractivity contribution is 0.689. The van der Waals surface area contributed by atoms with Gasteiger partial charge in [0.2, 0.25) is 0 Å². The highest BCUT2D eigenvalue weighted by Crippen LogP contribution is 2.20. The predicted octanol–water partition coefficient (Wildman–Crippen LogP) is 1.43. The summed E-state index contributed by atoms with van der Waals surface area (Å²) in [5.74, 6) is 0. The summed E-state index contributed by atoms with van der Waals surface area (Å²) in [7, 11) is 4.06. The molecule has 0 heterocycles. The Hall–Kier alpha value is 0.480. The maximum Gasteiger partial charge on any atom is 0.00266 e. The largest absolute Gasteiger partial charge is 0.262 e. The van der Waals surface area contributed by atoms with Crippen molar-refractivity contribution in [3.63, 3.8) is 0 Å². The molecule has 0 amide bonds. The van der Waals surface area contributed by atoms with E-state index in [9.17, 15) is 0 Å². The Kier molecular flexibility index (Phi) is 3.72. The SMILES string of the molecule is CC[P](=S)N(C)C. The second kappa shape index (κ2) is 3.48. The van der Waals surface area contributed by atoms with Gasteiger partial charge in [0.15, 0.2) is 0 Å². The number of hydrogen-bond acceptors (Lipinski definition) is 1. The zero-order valence-corrected chi connectivity index (χ0v) is 6.72. The molecular formula is C4H11NPS. The van der Waals surface area contributed by atoms with Gasteiger partial charge in [0.05, 0.1) is 0 Å². The fourth-order valence-electron chi connectivity index (χ4n) is 0.283. The summed E-state index contributed by atoms with van der Waals surface area (Å²) in [6, 6.07) is 0. The zero-order valence-electron chi connectivity index (χ0n) is 5.01. The molecular weight excluding hydrogens is 125 g/mol. The minimum absolute atomic E-state index is 0.221. The molecule has 0 bridgehead atoms. The highest BCUT2D eigenvalue weighted by Gasteiger charge is 1.89. The maximum atomic E-state index is 5.05. The lowest BCUT2D eigenvalue weighted by Crippen LogP contribution is -1.99. The lowest BCUT2D eigenvalue weighted by Gasteiger charge is -2.07. The van der Waals surface area contributed by atoms with Crippen LogP contribution in [0, 0.1) is 0 Å². The molecule has 0 saturated carbocycles. The average Bonchev–Trinajstić information content (AvgIpc) is 1.65. The van der Waals surface area contributed by atoms with Gasteiger partial charge in [-0.2, -0.15) is 0 Å². The molecule has 0 spiro atoms. The van der Waals surface area contributed by atoms with E-state index in [-0.39, 0.29) is 6.85 Å².